The smallest absolute Gasteiger partial charge is 0.0806 e. The van der Waals surface area contributed by atoms with E-state index in [1.54, 1.807) is 7.05 Å². The first-order valence-electron chi connectivity index (χ1n) is 4.66. The van der Waals surface area contributed by atoms with Gasteiger partial charge in [-0.25, -0.2) is 5.48 Å². The molecule has 0 spiro atoms. The Kier molecular flexibility index (Phi) is 5.27. The van der Waals surface area contributed by atoms with E-state index >= 15 is 0 Å². The number of nitrogens with one attached hydrogen (secondary N) is 3. The zero-order valence-corrected chi connectivity index (χ0v) is 7.73. The maximum absolute atomic E-state index is 5.00. The van der Waals surface area contributed by atoms with E-state index in [0.29, 0.717) is 6.04 Å². The summed E-state index contributed by atoms with van der Waals surface area (Å²) in [5, 5.41) is 6.78. The molecule has 4 heteroatoms. The molecule has 1 aliphatic rings. The van der Waals surface area contributed by atoms with Gasteiger partial charge < -0.3 is 15.5 Å². The molecule has 4 nitrogen and oxygen atoms in total. The summed E-state index contributed by atoms with van der Waals surface area (Å²) in [6.07, 6.45) is 2.47. The fourth-order valence-electron chi connectivity index (χ4n) is 1.44. The standard InChI is InChI=1S/C8H19N3O/c1-9-12-7-6-11-8-2-4-10-5-3-8/h8-11H,2-7H2,1H3. The van der Waals surface area contributed by atoms with Crippen molar-refractivity contribution in [3.63, 3.8) is 0 Å². The van der Waals surface area contributed by atoms with Gasteiger partial charge in [-0.2, -0.15) is 0 Å². The zero-order valence-electron chi connectivity index (χ0n) is 7.73. The van der Waals surface area contributed by atoms with Gasteiger partial charge in [0, 0.05) is 19.6 Å². The topological polar surface area (TPSA) is 45.3 Å². The van der Waals surface area contributed by atoms with E-state index in [0.717, 1.165) is 26.2 Å². The van der Waals surface area contributed by atoms with Crippen molar-refractivity contribution in [1.82, 2.24) is 16.1 Å². The Bertz CT molecular complexity index is 104. The Hall–Kier alpha value is -0.160. The minimum absolute atomic E-state index is 0.687. The number of hydroxylamine groups is 1. The van der Waals surface area contributed by atoms with E-state index < -0.39 is 0 Å². The normalized spacial score (nSPS) is 19.8. The molecule has 0 saturated carbocycles. The Morgan fingerprint density at radius 3 is 2.83 bits per heavy atom. The van der Waals surface area contributed by atoms with Crippen molar-refractivity contribution in [3.05, 3.63) is 0 Å². The van der Waals surface area contributed by atoms with Crippen LogP contribution in [0, 0.1) is 0 Å². The largest absolute Gasteiger partial charge is 0.317 e. The van der Waals surface area contributed by atoms with Gasteiger partial charge in [0.1, 0.15) is 0 Å². The van der Waals surface area contributed by atoms with Crippen LogP contribution in [0.2, 0.25) is 0 Å². The second-order valence-corrected chi connectivity index (χ2v) is 3.03. The first kappa shape index (κ1) is 9.92. The summed E-state index contributed by atoms with van der Waals surface area (Å²) in [4.78, 5) is 5.00. The molecule has 0 aromatic heterocycles. The SMILES string of the molecule is CNOCCNC1CCNCC1. The van der Waals surface area contributed by atoms with Gasteiger partial charge >= 0.3 is 0 Å². The molecule has 3 N–H and O–H groups in total. The van der Waals surface area contributed by atoms with E-state index in [4.69, 9.17) is 4.84 Å². The minimum Gasteiger partial charge on any atom is -0.317 e. The van der Waals surface area contributed by atoms with Gasteiger partial charge in [-0.3, -0.25) is 0 Å². The van der Waals surface area contributed by atoms with Crippen LogP contribution in [0.5, 0.6) is 0 Å². The highest BCUT2D eigenvalue weighted by atomic mass is 16.6. The summed E-state index contributed by atoms with van der Waals surface area (Å²) < 4.78 is 0. The Morgan fingerprint density at radius 1 is 1.42 bits per heavy atom. The maximum atomic E-state index is 5.00. The van der Waals surface area contributed by atoms with Crippen molar-refractivity contribution in [2.75, 3.05) is 33.3 Å². The first-order valence-corrected chi connectivity index (χ1v) is 4.66. The lowest BCUT2D eigenvalue weighted by Crippen LogP contribution is -2.41. The quantitative estimate of drug-likeness (QED) is 0.387. The van der Waals surface area contributed by atoms with Crippen LogP contribution in [0.4, 0.5) is 0 Å². The van der Waals surface area contributed by atoms with Crippen molar-refractivity contribution >= 4 is 0 Å². The molecular weight excluding hydrogens is 154 g/mol. The summed E-state index contributed by atoms with van der Waals surface area (Å²) >= 11 is 0. The number of hydrogen-bond donors (Lipinski definition) is 3. The van der Waals surface area contributed by atoms with Crippen LogP contribution in [0.1, 0.15) is 12.8 Å². The molecule has 0 bridgehead atoms. The minimum atomic E-state index is 0.687. The molecule has 0 atom stereocenters. The Labute approximate surface area is 74.0 Å². The third-order valence-electron chi connectivity index (χ3n) is 2.12. The molecule has 1 heterocycles. The Balaban J connectivity index is 1.91. The molecule has 1 fully saturated rings. The molecule has 0 aromatic carbocycles. The summed E-state index contributed by atoms with van der Waals surface area (Å²) in [6, 6.07) is 0.687. The third-order valence-corrected chi connectivity index (χ3v) is 2.12. The molecular formula is C8H19N3O. The molecule has 1 rings (SSSR count). The van der Waals surface area contributed by atoms with Crippen LogP contribution in [0.3, 0.4) is 0 Å². The molecule has 12 heavy (non-hydrogen) atoms. The summed E-state index contributed by atoms with van der Waals surface area (Å²) in [5.74, 6) is 0. The monoisotopic (exact) mass is 173 g/mol. The van der Waals surface area contributed by atoms with Crippen molar-refractivity contribution in [2.45, 2.75) is 18.9 Å². The van der Waals surface area contributed by atoms with Crippen LogP contribution < -0.4 is 16.1 Å². The van der Waals surface area contributed by atoms with Crippen LogP contribution in [-0.4, -0.2) is 39.3 Å². The van der Waals surface area contributed by atoms with Gasteiger partial charge in [0.25, 0.3) is 0 Å². The average molecular weight is 173 g/mol. The lowest BCUT2D eigenvalue weighted by Gasteiger charge is -2.23. The van der Waals surface area contributed by atoms with Crippen molar-refractivity contribution in [1.29, 1.82) is 0 Å². The van der Waals surface area contributed by atoms with Gasteiger partial charge in [-0.1, -0.05) is 0 Å². The fraction of sp³-hybridized carbons (Fsp3) is 1.00. The van der Waals surface area contributed by atoms with Gasteiger partial charge in [0.2, 0.25) is 0 Å². The number of piperidine rings is 1. The second kappa shape index (κ2) is 6.37. The highest BCUT2D eigenvalue weighted by Crippen LogP contribution is 2.00. The van der Waals surface area contributed by atoms with Crippen LogP contribution in [-0.2, 0) is 4.84 Å². The summed E-state index contributed by atoms with van der Waals surface area (Å²) in [6.45, 7) is 3.96. The van der Waals surface area contributed by atoms with Gasteiger partial charge in [0.05, 0.1) is 6.61 Å². The lowest BCUT2D eigenvalue weighted by molar-refractivity contribution is 0.0582. The lowest BCUT2D eigenvalue weighted by atomic mass is 10.1. The molecule has 0 amide bonds. The van der Waals surface area contributed by atoms with E-state index in [2.05, 4.69) is 16.1 Å². The van der Waals surface area contributed by atoms with Crippen molar-refractivity contribution in [2.24, 2.45) is 0 Å². The highest BCUT2D eigenvalue weighted by molar-refractivity contribution is 4.73. The maximum Gasteiger partial charge on any atom is 0.0806 e. The highest BCUT2D eigenvalue weighted by Gasteiger charge is 2.10. The van der Waals surface area contributed by atoms with Crippen molar-refractivity contribution < 1.29 is 4.84 Å². The number of rotatable bonds is 5. The molecule has 1 aliphatic heterocycles. The third kappa shape index (κ3) is 4.01. The second-order valence-electron chi connectivity index (χ2n) is 3.03. The van der Waals surface area contributed by atoms with E-state index in [1.807, 2.05) is 0 Å². The van der Waals surface area contributed by atoms with Gasteiger partial charge in [-0.15, -0.1) is 0 Å². The molecule has 0 aromatic rings. The van der Waals surface area contributed by atoms with Crippen LogP contribution >= 0.6 is 0 Å². The molecule has 1 saturated heterocycles. The Morgan fingerprint density at radius 2 is 2.17 bits per heavy atom. The fourth-order valence-corrected chi connectivity index (χ4v) is 1.44. The predicted octanol–water partition coefficient (Wildman–Crippen LogP) is -0.521. The van der Waals surface area contributed by atoms with E-state index in [-0.39, 0.29) is 0 Å². The molecule has 0 aliphatic carbocycles. The summed E-state index contributed by atoms with van der Waals surface area (Å²) in [5.41, 5.74) is 2.65. The summed E-state index contributed by atoms with van der Waals surface area (Å²) in [7, 11) is 1.78. The molecule has 72 valence electrons. The van der Waals surface area contributed by atoms with Gasteiger partial charge in [-0.05, 0) is 25.9 Å². The van der Waals surface area contributed by atoms with E-state index in [1.165, 1.54) is 12.8 Å². The first-order chi connectivity index (χ1) is 5.93. The molecule has 0 radical (unpaired) electrons. The van der Waals surface area contributed by atoms with Gasteiger partial charge in [0.15, 0.2) is 0 Å². The number of hydrogen-bond acceptors (Lipinski definition) is 4. The zero-order chi connectivity index (χ0) is 8.65. The van der Waals surface area contributed by atoms with Crippen LogP contribution in [0.25, 0.3) is 0 Å². The predicted molar refractivity (Wildman–Crippen MR) is 48.9 cm³/mol. The average Bonchev–Trinajstić information content (AvgIpc) is 2.14. The van der Waals surface area contributed by atoms with Crippen LogP contribution in [0.15, 0.2) is 0 Å². The molecule has 0 unspecified atom stereocenters. The van der Waals surface area contributed by atoms with E-state index in [9.17, 15) is 0 Å². The van der Waals surface area contributed by atoms with Crippen molar-refractivity contribution in [3.8, 4) is 0 Å².